The lowest BCUT2D eigenvalue weighted by Crippen LogP contribution is -2.16. The van der Waals surface area contributed by atoms with Crippen molar-refractivity contribution in [2.75, 3.05) is 11.6 Å². The zero-order chi connectivity index (χ0) is 15.4. The van der Waals surface area contributed by atoms with Crippen molar-refractivity contribution in [3.05, 3.63) is 47.0 Å². The Morgan fingerprint density at radius 2 is 2.00 bits per heavy atom. The van der Waals surface area contributed by atoms with Crippen LogP contribution in [0.3, 0.4) is 0 Å². The van der Waals surface area contributed by atoms with Gasteiger partial charge in [0.2, 0.25) is 0 Å². The number of rotatable bonds is 4. The van der Waals surface area contributed by atoms with Crippen LogP contribution in [0.4, 0.5) is 10.6 Å². The third-order valence-electron chi connectivity index (χ3n) is 3.63. The van der Waals surface area contributed by atoms with Gasteiger partial charge in [-0.2, -0.15) is 0 Å². The zero-order valence-electron chi connectivity index (χ0n) is 12.3. The molecule has 1 aromatic carbocycles. The van der Waals surface area contributed by atoms with Crippen LogP contribution in [0.5, 0.6) is 0 Å². The van der Waals surface area contributed by atoms with E-state index >= 15 is 0 Å². The predicted octanol–water partition coefficient (Wildman–Crippen LogP) is 3.44. The van der Waals surface area contributed by atoms with Crippen molar-refractivity contribution in [3.63, 3.8) is 0 Å². The third-order valence-corrected chi connectivity index (χ3v) is 4.34. The molecule has 1 amide bonds. The lowest BCUT2D eigenvalue weighted by molar-refractivity contribution is 0.155. The van der Waals surface area contributed by atoms with E-state index in [4.69, 9.17) is 4.74 Å². The average molecular weight is 315 g/mol. The number of hydrogen-bond acceptors (Lipinski definition) is 5. The normalized spacial score (nSPS) is 12.8. The van der Waals surface area contributed by atoms with Crippen LogP contribution in [0.25, 0.3) is 0 Å². The number of hydrogen-bond donors (Lipinski definition) is 1. The van der Waals surface area contributed by atoms with Crippen LogP contribution in [-0.4, -0.2) is 22.5 Å². The van der Waals surface area contributed by atoms with E-state index in [0.717, 1.165) is 35.4 Å². The smallest absolute Gasteiger partial charge is 0.413 e. The second-order valence-electron chi connectivity index (χ2n) is 5.06. The maximum atomic E-state index is 11.9. The Hall–Kier alpha value is -2.08. The molecule has 0 saturated carbocycles. The van der Waals surface area contributed by atoms with Crippen LogP contribution in [0.15, 0.2) is 35.4 Å². The maximum Gasteiger partial charge on any atom is 0.413 e. The summed E-state index contributed by atoms with van der Waals surface area (Å²) in [4.78, 5) is 11.9. The number of thioether (sulfide) groups is 1. The van der Waals surface area contributed by atoms with Gasteiger partial charge in [-0.15, -0.1) is 22.0 Å². The molecule has 0 aliphatic heterocycles. The van der Waals surface area contributed by atoms with Gasteiger partial charge in [-0.25, -0.2) is 4.79 Å². The molecule has 114 valence electrons. The number of fused-ring (bicyclic) bond motifs is 1. The molecule has 0 radical (unpaired) electrons. The van der Waals surface area contributed by atoms with Crippen LogP contribution in [0.2, 0.25) is 0 Å². The average Bonchev–Trinajstić information content (AvgIpc) is 3.04. The van der Waals surface area contributed by atoms with Crippen molar-refractivity contribution >= 4 is 23.7 Å². The third kappa shape index (κ3) is 3.22. The van der Waals surface area contributed by atoms with Gasteiger partial charge in [0.1, 0.15) is 11.6 Å². The van der Waals surface area contributed by atoms with Crippen LogP contribution < -0.4 is 5.32 Å². The summed E-state index contributed by atoms with van der Waals surface area (Å²) in [5, 5.41) is 12.0. The zero-order valence-corrected chi connectivity index (χ0v) is 13.2. The Labute approximate surface area is 133 Å². The van der Waals surface area contributed by atoms with Crippen molar-refractivity contribution in [2.45, 2.75) is 30.9 Å². The molecule has 1 heterocycles. The first-order valence-electron chi connectivity index (χ1n) is 7.18. The van der Waals surface area contributed by atoms with E-state index in [1.807, 2.05) is 36.6 Å². The van der Waals surface area contributed by atoms with E-state index in [0.29, 0.717) is 5.82 Å². The minimum absolute atomic E-state index is 0.241. The molecule has 1 aliphatic carbocycles. The van der Waals surface area contributed by atoms with E-state index < -0.39 is 6.09 Å². The first kappa shape index (κ1) is 14.8. The van der Waals surface area contributed by atoms with Crippen LogP contribution in [-0.2, 0) is 24.2 Å². The molecule has 0 fully saturated rings. The predicted molar refractivity (Wildman–Crippen MR) is 86.1 cm³/mol. The molecule has 1 aromatic heterocycles. The summed E-state index contributed by atoms with van der Waals surface area (Å²) in [5.74, 6) is 0.531. The molecule has 0 bridgehead atoms. The molecular weight excluding hydrogens is 298 g/mol. The number of carbonyl (C=O) groups excluding carboxylic acids is 1. The van der Waals surface area contributed by atoms with Crippen LogP contribution in [0, 0.1) is 0 Å². The van der Waals surface area contributed by atoms with Gasteiger partial charge >= 0.3 is 6.09 Å². The summed E-state index contributed by atoms with van der Waals surface area (Å²) < 4.78 is 5.23. The quantitative estimate of drug-likeness (QED) is 0.876. The fourth-order valence-electron chi connectivity index (χ4n) is 2.58. The molecule has 1 N–H and O–H groups in total. The van der Waals surface area contributed by atoms with Crippen LogP contribution in [0.1, 0.15) is 23.1 Å². The number of ether oxygens (including phenoxy) is 1. The van der Waals surface area contributed by atoms with Crippen molar-refractivity contribution in [2.24, 2.45) is 0 Å². The SMILES string of the molecule is CSc1nnc(NC(=O)OCc2ccccc2)c2c1CCC2. The molecule has 2 aromatic rings. The number of nitrogens with one attached hydrogen (secondary N) is 1. The van der Waals surface area contributed by atoms with Gasteiger partial charge in [0, 0.05) is 5.56 Å². The molecule has 0 atom stereocenters. The highest BCUT2D eigenvalue weighted by atomic mass is 32.2. The summed E-state index contributed by atoms with van der Waals surface area (Å²) >= 11 is 1.59. The van der Waals surface area contributed by atoms with E-state index in [2.05, 4.69) is 15.5 Å². The van der Waals surface area contributed by atoms with Gasteiger partial charge in [0.15, 0.2) is 5.82 Å². The van der Waals surface area contributed by atoms with Gasteiger partial charge in [-0.1, -0.05) is 30.3 Å². The molecule has 22 heavy (non-hydrogen) atoms. The first-order valence-corrected chi connectivity index (χ1v) is 8.40. The largest absolute Gasteiger partial charge is 0.444 e. The van der Waals surface area contributed by atoms with E-state index in [1.165, 1.54) is 5.56 Å². The number of carbonyl (C=O) groups is 1. The Morgan fingerprint density at radius 3 is 2.77 bits per heavy atom. The Balaban J connectivity index is 1.66. The molecular formula is C16H17N3O2S. The summed E-state index contributed by atoms with van der Waals surface area (Å²) in [6, 6.07) is 9.58. The van der Waals surface area contributed by atoms with Crippen LogP contribution >= 0.6 is 11.8 Å². The summed E-state index contributed by atoms with van der Waals surface area (Å²) in [6.45, 7) is 0.241. The van der Waals surface area contributed by atoms with Gasteiger partial charge in [0.25, 0.3) is 0 Å². The lowest BCUT2D eigenvalue weighted by atomic mass is 10.2. The Bertz CT molecular complexity index is 677. The molecule has 3 rings (SSSR count). The summed E-state index contributed by atoms with van der Waals surface area (Å²) in [6.07, 6.45) is 4.49. The van der Waals surface area contributed by atoms with Gasteiger partial charge < -0.3 is 4.74 Å². The fourth-order valence-corrected chi connectivity index (χ4v) is 3.17. The van der Waals surface area contributed by atoms with E-state index in [9.17, 15) is 4.79 Å². The molecule has 0 unspecified atom stereocenters. The Morgan fingerprint density at radius 1 is 1.23 bits per heavy atom. The van der Waals surface area contributed by atoms with E-state index in [1.54, 1.807) is 11.8 Å². The summed E-state index contributed by atoms with van der Waals surface area (Å²) in [5.41, 5.74) is 3.25. The van der Waals surface area contributed by atoms with Gasteiger partial charge in [0.05, 0.1) is 0 Å². The second-order valence-corrected chi connectivity index (χ2v) is 5.85. The highest BCUT2D eigenvalue weighted by molar-refractivity contribution is 7.98. The number of anilines is 1. The second kappa shape index (κ2) is 6.79. The lowest BCUT2D eigenvalue weighted by Gasteiger charge is -2.11. The van der Waals surface area contributed by atoms with Gasteiger partial charge in [-0.3, -0.25) is 5.32 Å². The molecule has 0 spiro atoms. The van der Waals surface area contributed by atoms with Crippen molar-refractivity contribution in [1.29, 1.82) is 0 Å². The minimum Gasteiger partial charge on any atom is -0.444 e. The number of benzene rings is 1. The molecule has 0 saturated heterocycles. The highest BCUT2D eigenvalue weighted by Gasteiger charge is 2.22. The molecule has 5 nitrogen and oxygen atoms in total. The molecule has 1 aliphatic rings. The topological polar surface area (TPSA) is 64.1 Å². The fraction of sp³-hybridized carbons (Fsp3) is 0.312. The highest BCUT2D eigenvalue weighted by Crippen LogP contribution is 2.32. The maximum absolute atomic E-state index is 11.9. The number of nitrogens with zero attached hydrogens (tertiary/aromatic N) is 2. The monoisotopic (exact) mass is 315 g/mol. The van der Waals surface area contributed by atoms with Crippen molar-refractivity contribution in [1.82, 2.24) is 10.2 Å². The van der Waals surface area contributed by atoms with Crippen molar-refractivity contribution in [3.8, 4) is 0 Å². The Kier molecular flexibility index (Phi) is 4.58. The number of aromatic nitrogens is 2. The standard InChI is InChI=1S/C16H17N3O2S/c1-22-15-13-9-5-8-12(13)14(18-19-15)17-16(20)21-10-11-6-3-2-4-7-11/h2-4,6-7H,5,8-10H2,1H3,(H,17,18,20). The summed E-state index contributed by atoms with van der Waals surface area (Å²) in [7, 11) is 0. The first-order chi connectivity index (χ1) is 10.8. The van der Waals surface area contributed by atoms with Crippen molar-refractivity contribution < 1.29 is 9.53 Å². The van der Waals surface area contributed by atoms with E-state index in [-0.39, 0.29) is 6.61 Å². The van der Waals surface area contributed by atoms with Gasteiger partial charge in [-0.05, 0) is 36.6 Å². The number of amides is 1. The minimum atomic E-state index is -0.496. The molecule has 6 heteroatoms.